The third-order valence-corrected chi connectivity index (χ3v) is 5.99. The van der Waals surface area contributed by atoms with Crippen molar-refractivity contribution in [2.45, 2.75) is 38.8 Å². The van der Waals surface area contributed by atoms with Gasteiger partial charge in [0.1, 0.15) is 17.3 Å². The van der Waals surface area contributed by atoms with Crippen molar-refractivity contribution in [1.82, 2.24) is 20.0 Å². The fraction of sp³-hybridized carbons (Fsp3) is 0.360. The van der Waals surface area contributed by atoms with Gasteiger partial charge in [-0.3, -0.25) is 4.79 Å². The lowest BCUT2D eigenvalue weighted by atomic mass is 10.0. The molecule has 4 rings (SSSR count). The number of hydrogen-bond acceptors (Lipinski definition) is 4. The standard InChI is InChI=1S/C25H29FN4O2/c1-17(2)29-13-11-20(12-14-29)27-25(31)23-16-30(21-9-7-19(26)8-10-21)28-24(23)18-5-4-6-22(15-18)32-3/h4-10,15-17,20H,11-14H2,1-3H3,(H,27,31). The Morgan fingerprint density at radius 3 is 2.53 bits per heavy atom. The minimum absolute atomic E-state index is 0.129. The van der Waals surface area contributed by atoms with E-state index < -0.39 is 0 Å². The van der Waals surface area contributed by atoms with Crippen LogP contribution in [-0.4, -0.2) is 52.9 Å². The van der Waals surface area contributed by atoms with Crippen molar-refractivity contribution in [2.24, 2.45) is 0 Å². The first-order chi connectivity index (χ1) is 15.4. The number of hydrogen-bond donors (Lipinski definition) is 1. The highest BCUT2D eigenvalue weighted by atomic mass is 19.1. The van der Waals surface area contributed by atoms with Crippen LogP contribution in [0.15, 0.2) is 54.7 Å². The molecular weight excluding hydrogens is 407 g/mol. The van der Waals surface area contributed by atoms with Gasteiger partial charge in [-0.05, 0) is 63.1 Å². The van der Waals surface area contributed by atoms with Crippen LogP contribution in [0.5, 0.6) is 5.75 Å². The molecule has 0 saturated carbocycles. The van der Waals surface area contributed by atoms with Crippen molar-refractivity contribution in [3.63, 3.8) is 0 Å². The van der Waals surface area contributed by atoms with Gasteiger partial charge in [0.05, 0.1) is 18.4 Å². The Hall–Kier alpha value is -3.19. The quantitative estimate of drug-likeness (QED) is 0.626. The Labute approximate surface area is 188 Å². The van der Waals surface area contributed by atoms with E-state index in [-0.39, 0.29) is 17.8 Å². The van der Waals surface area contributed by atoms with Crippen LogP contribution in [0.1, 0.15) is 37.0 Å². The van der Waals surface area contributed by atoms with Crippen LogP contribution >= 0.6 is 0 Å². The third-order valence-electron chi connectivity index (χ3n) is 5.99. The van der Waals surface area contributed by atoms with E-state index in [1.807, 2.05) is 24.3 Å². The molecule has 3 aromatic rings. The second-order valence-electron chi connectivity index (χ2n) is 8.42. The number of aromatic nitrogens is 2. The summed E-state index contributed by atoms with van der Waals surface area (Å²) in [6.07, 6.45) is 3.55. The molecule has 0 bridgehead atoms. The molecule has 0 spiro atoms. The number of nitrogens with one attached hydrogen (secondary N) is 1. The molecule has 1 aliphatic rings. The molecule has 2 heterocycles. The minimum Gasteiger partial charge on any atom is -0.497 e. The van der Waals surface area contributed by atoms with Crippen LogP contribution in [0.4, 0.5) is 4.39 Å². The Morgan fingerprint density at radius 2 is 1.88 bits per heavy atom. The second kappa shape index (κ2) is 9.53. The molecule has 6 nitrogen and oxygen atoms in total. The highest BCUT2D eigenvalue weighted by Gasteiger charge is 2.25. The van der Waals surface area contributed by atoms with E-state index in [0.717, 1.165) is 31.5 Å². The molecule has 1 saturated heterocycles. The first-order valence-electron chi connectivity index (χ1n) is 11.0. The lowest BCUT2D eigenvalue weighted by Crippen LogP contribution is -2.46. The molecule has 168 valence electrons. The second-order valence-corrected chi connectivity index (χ2v) is 8.42. The van der Waals surface area contributed by atoms with Crippen LogP contribution in [0.25, 0.3) is 16.9 Å². The number of rotatable bonds is 6. The van der Waals surface area contributed by atoms with E-state index in [1.54, 1.807) is 30.1 Å². The average Bonchev–Trinajstić information content (AvgIpc) is 3.26. The molecule has 0 unspecified atom stereocenters. The van der Waals surface area contributed by atoms with Crippen molar-refractivity contribution >= 4 is 5.91 Å². The van der Waals surface area contributed by atoms with Gasteiger partial charge < -0.3 is 15.0 Å². The molecule has 1 N–H and O–H groups in total. The number of amides is 1. The molecular formula is C25H29FN4O2. The summed E-state index contributed by atoms with van der Waals surface area (Å²) in [5.41, 5.74) is 2.50. The van der Waals surface area contributed by atoms with Crippen molar-refractivity contribution in [3.05, 3.63) is 66.1 Å². The predicted molar refractivity (Wildman–Crippen MR) is 123 cm³/mol. The monoisotopic (exact) mass is 436 g/mol. The van der Waals surface area contributed by atoms with Gasteiger partial charge in [-0.2, -0.15) is 5.10 Å². The summed E-state index contributed by atoms with van der Waals surface area (Å²) >= 11 is 0. The fourth-order valence-electron chi connectivity index (χ4n) is 4.07. The zero-order chi connectivity index (χ0) is 22.7. The van der Waals surface area contributed by atoms with Crippen LogP contribution in [0.3, 0.4) is 0 Å². The summed E-state index contributed by atoms with van der Waals surface area (Å²) in [6.45, 7) is 6.34. The molecule has 1 aromatic heterocycles. The number of nitrogens with zero attached hydrogens (tertiary/aromatic N) is 3. The number of methoxy groups -OCH3 is 1. The summed E-state index contributed by atoms with van der Waals surface area (Å²) in [6, 6.07) is 14.2. The molecule has 1 amide bonds. The fourth-order valence-corrected chi connectivity index (χ4v) is 4.07. The summed E-state index contributed by atoms with van der Waals surface area (Å²) in [7, 11) is 1.60. The number of piperidine rings is 1. The van der Waals surface area contributed by atoms with Crippen molar-refractivity contribution < 1.29 is 13.9 Å². The van der Waals surface area contributed by atoms with Crippen molar-refractivity contribution in [2.75, 3.05) is 20.2 Å². The maximum atomic E-state index is 13.4. The number of carbonyl (C=O) groups excluding carboxylic acids is 1. The van der Waals surface area contributed by atoms with Gasteiger partial charge in [-0.15, -0.1) is 0 Å². The maximum Gasteiger partial charge on any atom is 0.255 e. The van der Waals surface area contributed by atoms with Gasteiger partial charge in [0.15, 0.2) is 0 Å². The van der Waals surface area contributed by atoms with Gasteiger partial charge in [-0.25, -0.2) is 9.07 Å². The largest absolute Gasteiger partial charge is 0.497 e. The highest BCUT2D eigenvalue weighted by molar-refractivity contribution is 6.00. The van der Waals surface area contributed by atoms with Gasteiger partial charge in [-0.1, -0.05) is 12.1 Å². The van der Waals surface area contributed by atoms with Crippen LogP contribution < -0.4 is 10.1 Å². The van der Waals surface area contributed by atoms with Crippen LogP contribution in [-0.2, 0) is 0 Å². The molecule has 32 heavy (non-hydrogen) atoms. The summed E-state index contributed by atoms with van der Waals surface area (Å²) in [5.74, 6) is 0.213. The lowest BCUT2D eigenvalue weighted by Gasteiger charge is -2.34. The molecule has 7 heteroatoms. The Balaban J connectivity index is 1.63. The average molecular weight is 437 g/mol. The van der Waals surface area contributed by atoms with E-state index >= 15 is 0 Å². The summed E-state index contributed by atoms with van der Waals surface area (Å²) < 4.78 is 20.4. The number of carbonyl (C=O) groups is 1. The Morgan fingerprint density at radius 1 is 1.16 bits per heavy atom. The predicted octanol–water partition coefficient (Wildman–Crippen LogP) is 4.29. The van der Waals surface area contributed by atoms with Crippen LogP contribution in [0, 0.1) is 5.82 Å². The zero-order valence-electron chi connectivity index (χ0n) is 18.7. The zero-order valence-corrected chi connectivity index (χ0v) is 18.7. The third kappa shape index (κ3) is 4.83. The van der Waals surface area contributed by atoms with Gasteiger partial charge in [0.2, 0.25) is 0 Å². The van der Waals surface area contributed by atoms with Gasteiger partial charge >= 0.3 is 0 Å². The first-order valence-corrected chi connectivity index (χ1v) is 11.0. The lowest BCUT2D eigenvalue weighted by molar-refractivity contribution is 0.0901. The van der Waals surface area contributed by atoms with E-state index in [9.17, 15) is 9.18 Å². The SMILES string of the molecule is COc1cccc(-c2nn(-c3ccc(F)cc3)cc2C(=O)NC2CCN(C(C)C)CC2)c1. The Bertz CT molecular complexity index is 1070. The molecule has 2 aromatic carbocycles. The molecule has 0 radical (unpaired) electrons. The van der Waals surface area contributed by atoms with Crippen LogP contribution in [0.2, 0.25) is 0 Å². The number of halogens is 1. The number of ether oxygens (including phenoxy) is 1. The van der Waals surface area contributed by atoms with E-state index in [1.165, 1.54) is 12.1 Å². The first kappa shape index (κ1) is 22.0. The van der Waals surface area contributed by atoms with Crippen molar-refractivity contribution in [3.8, 4) is 22.7 Å². The molecule has 1 fully saturated rings. The van der Waals surface area contributed by atoms with Crippen molar-refractivity contribution in [1.29, 1.82) is 0 Å². The number of benzene rings is 2. The summed E-state index contributed by atoms with van der Waals surface area (Å²) in [5, 5.41) is 7.87. The number of likely N-dealkylation sites (tertiary alicyclic amines) is 1. The topological polar surface area (TPSA) is 59.4 Å². The highest BCUT2D eigenvalue weighted by Crippen LogP contribution is 2.27. The molecule has 0 atom stereocenters. The Kier molecular flexibility index (Phi) is 6.55. The van der Waals surface area contributed by atoms with E-state index in [0.29, 0.717) is 28.7 Å². The van der Waals surface area contributed by atoms with E-state index in [4.69, 9.17) is 4.74 Å². The smallest absolute Gasteiger partial charge is 0.255 e. The maximum absolute atomic E-state index is 13.4. The minimum atomic E-state index is -0.320. The van der Waals surface area contributed by atoms with Gasteiger partial charge in [0.25, 0.3) is 5.91 Å². The normalized spacial score (nSPS) is 15.2. The van der Waals surface area contributed by atoms with E-state index in [2.05, 4.69) is 29.2 Å². The van der Waals surface area contributed by atoms with Gasteiger partial charge in [0, 0.05) is 36.9 Å². The molecule has 1 aliphatic heterocycles. The molecule has 0 aliphatic carbocycles. The summed E-state index contributed by atoms with van der Waals surface area (Å²) in [4.78, 5) is 15.7.